The third-order valence-electron chi connectivity index (χ3n) is 5.16. The number of nitrogens with one attached hydrogen (secondary N) is 3. The zero-order chi connectivity index (χ0) is 20.4. The van der Waals surface area contributed by atoms with E-state index in [2.05, 4.69) is 16.0 Å². The van der Waals surface area contributed by atoms with Crippen molar-refractivity contribution < 1.29 is 14.4 Å². The Hall–Kier alpha value is -3.61. The summed E-state index contributed by atoms with van der Waals surface area (Å²) >= 11 is 0. The van der Waals surface area contributed by atoms with E-state index in [0.29, 0.717) is 33.9 Å². The molecule has 0 bridgehead atoms. The lowest BCUT2D eigenvalue weighted by molar-refractivity contribution is 0.0948. The van der Waals surface area contributed by atoms with Crippen LogP contribution in [0, 0.1) is 0 Å². The van der Waals surface area contributed by atoms with Gasteiger partial charge < -0.3 is 20.9 Å². The first-order valence-corrected chi connectivity index (χ1v) is 9.62. The van der Waals surface area contributed by atoms with Crippen molar-refractivity contribution in [3.8, 4) is 0 Å². The number of allylic oxidation sites excluding steroid dienone is 2. The minimum absolute atomic E-state index is 0.123. The smallest absolute Gasteiger partial charge is 0.318 e. The van der Waals surface area contributed by atoms with Crippen molar-refractivity contribution in [1.82, 2.24) is 10.2 Å². The third kappa shape index (κ3) is 3.59. The Morgan fingerprint density at radius 3 is 2.07 bits per heavy atom. The number of rotatable bonds is 4. The fraction of sp³-hybridized carbons (Fsp3) is 0.227. The summed E-state index contributed by atoms with van der Waals surface area (Å²) in [4.78, 5) is 39.9. The number of nitrogens with zero attached hydrogens (tertiary/aromatic N) is 1. The number of carbonyl (C=O) groups excluding carboxylic acids is 3. The molecule has 7 heteroatoms. The topological polar surface area (TPSA) is 90.5 Å². The number of hydrogen-bond acceptors (Lipinski definition) is 5. The van der Waals surface area contributed by atoms with Crippen LogP contribution in [-0.2, 0) is 0 Å². The number of urea groups is 1. The Morgan fingerprint density at radius 1 is 0.862 bits per heavy atom. The average Bonchev–Trinajstić information content (AvgIpc) is 3.27. The van der Waals surface area contributed by atoms with E-state index in [1.165, 1.54) is 0 Å². The number of amides is 2. The van der Waals surface area contributed by atoms with Crippen molar-refractivity contribution in [2.24, 2.45) is 0 Å². The highest BCUT2D eigenvalue weighted by atomic mass is 16.2. The first-order chi connectivity index (χ1) is 14.1. The normalized spacial score (nSPS) is 16.0. The summed E-state index contributed by atoms with van der Waals surface area (Å²) in [6.07, 6.45) is 2.00. The van der Waals surface area contributed by atoms with Gasteiger partial charge in [-0.25, -0.2) is 4.79 Å². The highest BCUT2D eigenvalue weighted by Crippen LogP contribution is 2.31. The van der Waals surface area contributed by atoms with Gasteiger partial charge in [0.1, 0.15) is 11.4 Å². The van der Waals surface area contributed by atoms with Crippen molar-refractivity contribution >= 4 is 29.0 Å². The van der Waals surface area contributed by atoms with Gasteiger partial charge in [-0.3, -0.25) is 9.59 Å². The number of Topliss-reactive ketones (excluding diaryl/α,β-unsaturated/α-hetero) is 2. The van der Waals surface area contributed by atoms with Crippen molar-refractivity contribution in [2.75, 3.05) is 30.8 Å². The van der Waals surface area contributed by atoms with Crippen LogP contribution < -0.4 is 16.0 Å². The molecule has 0 aromatic heterocycles. The molecular weight excluding hydrogens is 368 g/mol. The predicted octanol–water partition coefficient (Wildman–Crippen LogP) is 3.24. The Labute approximate surface area is 168 Å². The van der Waals surface area contributed by atoms with Crippen LogP contribution in [0.3, 0.4) is 0 Å². The quantitative estimate of drug-likeness (QED) is 0.746. The van der Waals surface area contributed by atoms with Crippen LogP contribution in [0.4, 0.5) is 16.2 Å². The van der Waals surface area contributed by atoms with Gasteiger partial charge in [0.2, 0.25) is 11.6 Å². The molecule has 1 fully saturated rings. The molecular formula is C22H22N4O3. The first-order valence-electron chi connectivity index (χ1n) is 9.62. The lowest BCUT2D eigenvalue weighted by Gasteiger charge is -2.28. The fourth-order valence-electron chi connectivity index (χ4n) is 3.70. The van der Waals surface area contributed by atoms with Crippen molar-refractivity contribution in [3.63, 3.8) is 0 Å². The largest absolute Gasteiger partial charge is 0.367 e. The van der Waals surface area contributed by atoms with E-state index in [0.717, 1.165) is 25.9 Å². The van der Waals surface area contributed by atoms with Gasteiger partial charge in [-0.1, -0.05) is 24.3 Å². The second kappa shape index (κ2) is 7.79. The van der Waals surface area contributed by atoms with Crippen LogP contribution in [0.2, 0.25) is 0 Å². The van der Waals surface area contributed by atoms with E-state index < -0.39 is 0 Å². The minimum Gasteiger partial charge on any atom is -0.367 e. The number of benzene rings is 2. The van der Waals surface area contributed by atoms with Crippen LogP contribution in [0.5, 0.6) is 0 Å². The van der Waals surface area contributed by atoms with E-state index in [1.54, 1.807) is 55.6 Å². The number of ketones is 2. The molecule has 2 aromatic rings. The molecule has 1 heterocycles. The molecule has 1 aliphatic carbocycles. The lowest BCUT2D eigenvalue weighted by atomic mass is 9.89. The summed E-state index contributed by atoms with van der Waals surface area (Å²) in [5.74, 6) is -0.308. The third-order valence-corrected chi connectivity index (χ3v) is 5.16. The van der Waals surface area contributed by atoms with Gasteiger partial charge in [-0.05, 0) is 37.1 Å². The first kappa shape index (κ1) is 18.7. The molecule has 0 radical (unpaired) electrons. The van der Waals surface area contributed by atoms with Crippen molar-refractivity contribution in [3.05, 3.63) is 71.1 Å². The molecule has 2 aliphatic rings. The second-order valence-electron chi connectivity index (χ2n) is 7.03. The van der Waals surface area contributed by atoms with Gasteiger partial charge >= 0.3 is 6.03 Å². The predicted molar refractivity (Wildman–Crippen MR) is 111 cm³/mol. The number of likely N-dealkylation sites (tertiary alicyclic amines) is 1. The van der Waals surface area contributed by atoms with Gasteiger partial charge in [0.15, 0.2) is 0 Å². The zero-order valence-electron chi connectivity index (χ0n) is 16.1. The van der Waals surface area contributed by atoms with Crippen LogP contribution in [-0.4, -0.2) is 42.6 Å². The molecule has 29 heavy (non-hydrogen) atoms. The maximum atomic E-state index is 13.2. The summed E-state index contributed by atoms with van der Waals surface area (Å²) < 4.78 is 0. The average molecular weight is 390 g/mol. The number of carbonyl (C=O) groups is 3. The van der Waals surface area contributed by atoms with E-state index in [4.69, 9.17) is 0 Å². The van der Waals surface area contributed by atoms with Crippen LogP contribution in [0.1, 0.15) is 33.6 Å². The molecule has 3 N–H and O–H groups in total. The van der Waals surface area contributed by atoms with Gasteiger partial charge in [-0.15, -0.1) is 0 Å². The van der Waals surface area contributed by atoms with Crippen molar-refractivity contribution in [1.29, 1.82) is 0 Å². The Balaban J connectivity index is 1.68. The summed E-state index contributed by atoms with van der Waals surface area (Å²) in [7, 11) is 1.54. The van der Waals surface area contributed by atoms with Crippen LogP contribution in [0.15, 0.2) is 59.9 Å². The zero-order valence-corrected chi connectivity index (χ0v) is 16.1. The molecule has 1 aliphatic heterocycles. The van der Waals surface area contributed by atoms with Gasteiger partial charge in [0.05, 0.1) is 0 Å². The Morgan fingerprint density at radius 2 is 1.45 bits per heavy atom. The highest BCUT2D eigenvalue weighted by Gasteiger charge is 2.36. The monoisotopic (exact) mass is 390 g/mol. The minimum atomic E-state index is -0.311. The Bertz CT molecular complexity index is 1000. The summed E-state index contributed by atoms with van der Waals surface area (Å²) in [5.41, 5.74) is 2.91. The summed E-state index contributed by atoms with van der Waals surface area (Å²) in [5, 5.41) is 8.34. The SMILES string of the molecule is CNC(=O)Nc1ccc(NC2=C(N3CCCC3)C(=O)c3ccccc3C2=O)cc1. The standard InChI is InChI=1S/C22H22N4O3/c1-23-22(29)25-15-10-8-14(9-11-15)24-18-19(26-12-4-5-13-26)21(28)17-7-3-2-6-16(17)20(18)27/h2-3,6-11,24H,4-5,12-13H2,1H3,(H2,23,25,29). The van der Waals surface area contributed by atoms with Crippen LogP contribution >= 0.6 is 0 Å². The maximum Gasteiger partial charge on any atom is 0.318 e. The number of anilines is 2. The van der Waals surface area contributed by atoms with Gasteiger partial charge in [-0.2, -0.15) is 0 Å². The molecule has 2 amide bonds. The van der Waals surface area contributed by atoms with Crippen LogP contribution in [0.25, 0.3) is 0 Å². The van der Waals surface area contributed by atoms with E-state index in [9.17, 15) is 14.4 Å². The second-order valence-corrected chi connectivity index (χ2v) is 7.03. The van der Waals surface area contributed by atoms with Crippen molar-refractivity contribution in [2.45, 2.75) is 12.8 Å². The molecule has 7 nitrogen and oxygen atoms in total. The number of hydrogen-bond donors (Lipinski definition) is 3. The molecule has 2 aromatic carbocycles. The van der Waals surface area contributed by atoms with E-state index in [1.807, 2.05) is 4.90 Å². The maximum absolute atomic E-state index is 13.2. The van der Waals surface area contributed by atoms with Gasteiger partial charge in [0, 0.05) is 42.6 Å². The molecule has 0 spiro atoms. The molecule has 4 rings (SSSR count). The molecule has 0 saturated carbocycles. The molecule has 1 saturated heterocycles. The fourth-order valence-corrected chi connectivity index (χ4v) is 3.70. The van der Waals surface area contributed by atoms with Gasteiger partial charge in [0.25, 0.3) is 0 Å². The number of fused-ring (bicyclic) bond motifs is 1. The molecule has 148 valence electrons. The lowest BCUT2D eigenvalue weighted by Crippen LogP contribution is -2.35. The summed E-state index contributed by atoms with van der Waals surface area (Å²) in [6.45, 7) is 1.52. The summed E-state index contributed by atoms with van der Waals surface area (Å²) in [6, 6.07) is 13.6. The van der Waals surface area contributed by atoms with E-state index >= 15 is 0 Å². The van der Waals surface area contributed by atoms with E-state index in [-0.39, 0.29) is 17.6 Å². The molecule has 0 unspecified atom stereocenters. The molecule has 0 atom stereocenters. The highest BCUT2D eigenvalue weighted by molar-refractivity contribution is 6.27. The Kier molecular flexibility index (Phi) is 5.03.